The number of hydrogen-bond acceptors (Lipinski definition) is 4. The van der Waals surface area contributed by atoms with Crippen molar-refractivity contribution in [2.24, 2.45) is 11.8 Å². The molecule has 0 radical (unpaired) electrons. The van der Waals surface area contributed by atoms with Crippen molar-refractivity contribution >= 4 is 11.6 Å². The Labute approximate surface area is 86.8 Å². The molecule has 1 aliphatic carbocycles. The van der Waals surface area contributed by atoms with Gasteiger partial charge in [0, 0.05) is 5.92 Å². The van der Waals surface area contributed by atoms with E-state index in [0.29, 0.717) is 6.61 Å². The molecule has 2 N–H and O–H groups in total. The van der Waals surface area contributed by atoms with E-state index in [0.717, 1.165) is 6.42 Å². The van der Waals surface area contributed by atoms with Crippen molar-refractivity contribution < 1.29 is 19.7 Å². The Morgan fingerprint density at radius 3 is 2.93 bits per heavy atom. The molecule has 0 aromatic carbocycles. The standard InChI is InChI=1S/C9H13ClO4/c10-7-6(11)4-1-2-13-8-5(4)9(7,12)3-14-8/h4-8,11-12H,1-3H2. The van der Waals surface area contributed by atoms with Crippen molar-refractivity contribution in [2.75, 3.05) is 13.2 Å². The Balaban J connectivity index is 2.00. The van der Waals surface area contributed by atoms with Crippen LogP contribution in [0, 0.1) is 11.8 Å². The number of aliphatic hydroxyl groups excluding tert-OH is 1. The second-order valence-corrected chi connectivity index (χ2v) is 4.88. The fourth-order valence-electron chi connectivity index (χ4n) is 3.03. The Bertz CT molecular complexity index is 261. The van der Waals surface area contributed by atoms with Crippen molar-refractivity contribution in [1.29, 1.82) is 0 Å². The molecule has 0 amide bonds. The maximum Gasteiger partial charge on any atom is 0.163 e. The number of rotatable bonds is 0. The van der Waals surface area contributed by atoms with E-state index in [1.807, 2.05) is 0 Å². The van der Waals surface area contributed by atoms with E-state index in [2.05, 4.69) is 0 Å². The molecule has 80 valence electrons. The minimum absolute atomic E-state index is 0.0174. The van der Waals surface area contributed by atoms with E-state index in [4.69, 9.17) is 21.1 Å². The molecule has 14 heavy (non-hydrogen) atoms. The average Bonchev–Trinajstić information content (AvgIpc) is 2.63. The molecule has 2 aliphatic heterocycles. The van der Waals surface area contributed by atoms with Gasteiger partial charge >= 0.3 is 0 Å². The second kappa shape index (κ2) is 2.83. The Hall–Kier alpha value is 0.130. The SMILES string of the molecule is OC1C2CCOC3OCC(O)(C1Cl)C32. The van der Waals surface area contributed by atoms with Crippen molar-refractivity contribution in [3.05, 3.63) is 0 Å². The van der Waals surface area contributed by atoms with Gasteiger partial charge in [0.25, 0.3) is 0 Å². The molecule has 3 rings (SSSR count). The Morgan fingerprint density at radius 1 is 1.36 bits per heavy atom. The molecule has 1 saturated carbocycles. The molecule has 0 bridgehead atoms. The largest absolute Gasteiger partial charge is 0.391 e. The predicted octanol–water partition coefficient (Wildman–Crippen LogP) is -0.292. The summed E-state index contributed by atoms with van der Waals surface area (Å²) in [5.41, 5.74) is -1.10. The van der Waals surface area contributed by atoms with Crippen LogP contribution >= 0.6 is 11.6 Å². The van der Waals surface area contributed by atoms with E-state index >= 15 is 0 Å². The molecule has 6 atom stereocenters. The number of halogens is 1. The summed E-state index contributed by atoms with van der Waals surface area (Å²) in [6.07, 6.45) is -0.267. The second-order valence-electron chi connectivity index (χ2n) is 4.41. The maximum absolute atomic E-state index is 10.3. The minimum Gasteiger partial charge on any atom is -0.391 e. The molecule has 4 nitrogen and oxygen atoms in total. The van der Waals surface area contributed by atoms with Crippen LogP contribution < -0.4 is 0 Å². The molecule has 0 spiro atoms. The Morgan fingerprint density at radius 2 is 2.14 bits per heavy atom. The van der Waals surface area contributed by atoms with Gasteiger partial charge in [-0.3, -0.25) is 0 Å². The van der Waals surface area contributed by atoms with Gasteiger partial charge in [-0.15, -0.1) is 11.6 Å². The third-order valence-electron chi connectivity index (χ3n) is 3.76. The first kappa shape index (κ1) is 9.36. The van der Waals surface area contributed by atoms with Gasteiger partial charge in [-0.05, 0) is 12.3 Å². The smallest absolute Gasteiger partial charge is 0.163 e. The average molecular weight is 221 g/mol. The van der Waals surface area contributed by atoms with Crippen LogP contribution in [0.2, 0.25) is 0 Å². The van der Waals surface area contributed by atoms with Crippen LogP contribution in [0.25, 0.3) is 0 Å². The third kappa shape index (κ3) is 0.933. The van der Waals surface area contributed by atoms with Crippen LogP contribution in [-0.2, 0) is 9.47 Å². The molecule has 3 fully saturated rings. The Kier molecular flexibility index (Phi) is 1.89. The number of ether oxygens (including phenoxy) is 2. The monoisotopic (exact) mass is 220 g/mol. The lowest BCUT2D eigenvalue weighted by molar-refractivity contribution is -0.174. The van der Waals surface area contributed by atoms with E-state index in [1.54, 1.807) is 0 Å². The molecule has 3 aliphatic rings. The number of alkyl halides is 1. The van der Waals surface area contributed by atoms with Gasteiger partial charge < -0.3 is 19.7 Å². The van der Waals surface area contributed by atoms with E-state index in [1.165, 1.54) is 0 Å². The molecule has 6 unspecified atom stereocenters. The first-order valence-corrected chi connectivity index (χ1v) is 5.36. The molecule has 0 aromatic heterocycles. The van der Waals surface area contributed by atoms with Crippen LogP contribution in [0.4, 0.5) is 0 Å². The summed E-state index contributed by atoms with van der Waals surface area (Å²) in [5.74, 6) is -0.141. The zero-order valence-corrected chi connectivity index (χ0v) is 8.35. The summed E-state index contributed by atoms with van der Waals surface area (Å²) in [6, 6.07) is 0. The number of hydrogen-bond donors (Lipinski definition) is 2. The lowest BCUT2D eigenvalue weighted by atomic mass is 9.84. The molecule has 5 heteroatoms. The molecular formula is C9H13ClO4. The van der Waals surface area contributed by atoms with Gasteiger partial charge in [-0.1, -0.05) is 0 Å². The predicted molar refractivity (Wildman–Crippen MR) is 47.9 cm³/mol. The van der Waals surface area contributed by atoms with Gasteiger partial charge in [-0.2, -0.15) is 0 Å². The normalized spacial score (nSPS) is 61.5. The van der Waals surface area contributed by atoms with Crippen LogP contribution in [-0.4, -0.2) is 46.8 Å². The lowest BCUT2D eigenvalue weighted by Gasteiger charge is -2.32. The lowest BCUT2D eigenvalue weighted by Crippen LogP contribution is -2.44. The van der Waals surface area contributed by atoms with E-state index in [-0.39, 0.29) is 24.7 Å². The van der Waals surface area contributed by atoms with Gasteiger partial charge in [0.1, 0.15) is 5.60 Å². The van der Waals surface area contributed by atoms with E-state index in [9.17, 15) is 10.2 Å². The van der Waals surface area contributed by atoms with E-state index < -0.39 is 17.1 Å². The fourth-order valence-corrected chi connectivity index (χ4v) is 3.43. The van der Waals surface area contributed by atoms with Crippen molar-refractivity contribution in [2.45, 2.75) is 29.8 Å². The fraction of sp³-hybridized carbons (Fsp3) is 1.00. The van der Waals surface area contributed by atoms with Gasteiger partial charge in [0.05, 0.1) is 24.7 Å². The molecule has 0 aromatic rings. The summed E-state index contributed by atoms with van der Waals surface area (Å²) < 4.78 is 10.7. The minimum atomic E-state index is -1.10. The highest BCUT2D eigenvalue weighted by molar-refractivity contribution is 6.22. The van der Waals surface area contributed by atoms with Gasteiger partial charge in [0.2, 0.25) is 0 Å². The van der Waals surface area contributed by atoms with Gasteiger partial charge in [-0.25, -0.2) is 0 Å². The highest BCUT2D eigenvalue weighted by Gasteiger charge is 2.66. The molecule has 2 saturated heterocycles. The maximum atomic E-state index is 10.3. The molecule has 2 heterocycles. The highest BCUT2D eigenvalue weighted by Crippen LogP contribution is 2.53. The first-order valence-electron chi connectivity index (χ1n) is 4.92. The zero-order chi connectivity index (χ0) is 9.92. The quantitative estimate of drug-likeness (QED) is 0.551. The summed E-state index contributed by atoms with van der Waals surface area (Å²) in [4.78, 5) is 0. The summed E-state index contributed by atoms with van der Waals surface area (Å²) in [5, 5.41) is 19.5. The summed E-state index contributed by atoms with van der Waals surface area (Å²) in [6.45, 7) is 0.743. The summed E-state index contributed by atoms with van der Waals surface area (Å²) >= 11 is 6.04. The van der Waals surface area contributed by atoms with Crippen LogP contribution in [0.3, 0.4) is 0 Å². The highest BCUT2D eigenvalue weighted by atomic mass is 35.5. The van der Waals surface area contributed by atoms with Gasteiger partial charge in [0.15, 0.2) is 6.29 Å². The summed E-state index contributed by atoms with van der Waals surface area (Å²) in [7, 11) is 0. The zero-order valence-electron chi connectivity index (χ0n) is 7.60. The van der Waals surface area contributed by atoms with Crippen LogP contribution in [0.15, 0.2) is 0 Å². The topological polar surface area (TPSA) is 58.9 Å². The third-order valence-corrected chi connectivity index (χ3v) is 4.40. The van der Waals surface area contributed by atoms with Crippen molar-refractivity contribution in [3.63, 3.8) is 0 Å². The first-order chi connectivity index (χ1) is 6.64. The molecular weight excluding hydrogens is 208 g/mol. The number of aliphatic hydroxyl groups is 2. The van der Waals surface area contributed by atoms with Crippen LogP contribution in [0.1, 0.15) is 6.42 Å². The van der Waals surface area contributed by atoms with Crippen LogP contribution in [0.5, 0.6) is 0 Å². The van der Waals surface area contributed by atoms with Crippen molar-refractivity contribution in [1.82, 2.24) is 0 Å². The van der Waals surface area contributed by atoms with Crippen molar-refractivity contribution in [3.8, 4) is 0 Å².